The molecule has 32 heavy (non-hydrogen) atoms. The first-order chi connectivity index (χ1) is 15.4. The number of halogens is 1. The van der Waals surface area contributed by atoms with Crippen molar-refractivity contribution in [3.8, 4) is 0 Å². The van der Waals surface area contributed by atoms with Crippen molar-refractivity contribution in [2.24, 2.45) is 0 Å². The highest BCUT2D eigenvalue weighted by Gasteiger charge is 2.36. The Morgan fingerprint density at radius 3 is 2.28 bits per heavy atom. The monoisotopic (exact) mass is 443 g/mol. The molecule has 0 saturated carbocycles. The molecule has 2 aliphatic heterocycles. The summed E-state index contributed by atoms with van der Waals surface area (Å²) in [6.07, 6.45) is -2.76. The van der Waals surface area contributed by atoms with Crippen molar-refractivity contribution in [1.82, 2.24) is 4.90 Å². The number of carbonyl (C=O) groups excluding carboxylic acids is 2. The molecule has 168 valence electrons. The lowest BCUT2D eigenvalue weighted by molar-refractivity contribution is 0.0552. The van der Waals surface area contributed by atoms with Crippen LogP contribution in [0.4, 0.5) is 20.6 Å². The van der Waals surface area contributed by atoms with Gasteiger partial charge in [0, 0.05) is 13.1 Å². The lowest BCUT2D eigenvalue weighted by Crippen LogP contribution is -2.44. The van der Waals surface area contributed by atoms with E-state index in [-0.39, 0.29) is 23.4 Å². The zero-order chi connectivity index (χ0) is 22.8. The van der Waals surface area contributed by atoms with Crippen LogP contribution in [0.2, 0.25) is 0 Å². The first-order valence-electron chi connectivity index (χ1n) is 10.1. The first-order valence-corrected chi connectivity index (χ1v) is 10.1. The van der Waals surface area contributed by atoms with Crippen LogP contribution in [-0.2, 0) is 4.74 Å². The van der Waals surface area contributed by atoms with Crippen LogP contribution in [-0.4, -0.2) is 78.5 Å². The Hall–Kier alpha value is -3.50. The smallest absolute Gasteiger partial charge is 0.411 e. The number of amides is 3. The number of aliphatic hydroxyl groups excluding tert-OH is 1. The van der Waals surface area contributed by atoms with Crippen molar-refractivity contribution in [3.63, 3.8) is 0 Å². The first kappa shape index (κ1) is 21.7. The van der Waals surface area contributed by atoms with Crippen molar-refractivity contribution in [2.75, 3.05) is 49.2 Å². The Kier molecular flexibility index (Phi) is 6.06. The summed E-state index contributed by atoms with van der Waals surface area (Å²) in [5.41, 5.74) is 0.850. The largest absolute Gasteiger partial charge is 0.465 e. The molecule has 10 heteroatoms. The fraction of sp³-hybridized carbons (Fsp3) is 0.318. The molecule has 0 bridgehead atoms. The number of imide groups is 1. The number of aliphatic hydroxyl groups is 1. The van der Waals surface area contributed by atoms with Gasteiger partial charge in [-0.3, -0.25) is 19.4 Å². The van der Waals surface area contributed by atoms with E-state index in [2.05, 4.69) is 0 Å². The summed E-state index contributed by atoms with van der Waals surface area (Å²) in [6.45, 7) is 1.18. The van der Waals surface area contributed by atoms with Crippen LogP contribution in [0.5, 0.6) is 0 Å². The Morgan fingerprint density at radius 1 is 1.09 bits per heavy atom. The van der Waals surface area contributed by atoms with Crippen molar-refractivity contribution in [3.05, 3.63) is 59.4 Å². The van der Waals surface area contributed by atoms with Crippen LogP contribution in [0.15, 0.2) is 42.5 Å². The van der Waals surface area contributed by atoms with E-state index in [1.54, 1.807) is 12.1 Å². The van der Waals surface area contributed by atoms with Crippen molar-refractivity contribution >= 4 is 29.3 Å². The molecule has 0 unspecified atom stereocenters. The molecule has 2 N–H and O–H groups in total. The van der Waals surface area contributed by atoms with Gasteiger partial charge in [0.15, 0.2) is 0 Å². The summed E-state index contributed by atoms with van der Waals surface area (Å²) >= 11 is 0. The summed E-state index contributed by atoms with van der Waals surface area (Å²) in [5.74, 6) is -1.69. The maximum atomic E-state index is 14.7. The zero-order valence-electron chi connectivity index (χ0n) is 17.1. The number of carbonyl (C=O) groups is 3. The zero-order valence-corrected chi connectivity index (χ0v) is 17.1. The molecule has 1 atom stereocenters. The lowest BCUT2D eigenvalue weighted by atomic mass is 10.1. The molecule has 2 aromatic carbocycles. The van der Waals surface area contributed by atoms with Gasteiger partial charge in [0.25, 0.3) is 11.8 Å². The van der Waals surface area contributed by atoms with E-state index in [4.69, 9.17) is 4.74 Å². The average Bonchev–Trinajstić information content (AvgIpc) is 3.03. The van der Waals surface area contributed by atoms with Gasteiger partial charge in [-0.1, -0.05) is 12.1 Å². The van der Waals surface area contributed by atoms with Crippen molar-refractivity contribution in [2.45, 2.75) is 6.10 Å². The molecule has 0 aromatic heterocycles. The van der Waals surface area contributed by atoms with Gasteiger partial charge >= 0.3 is 6.09 Å². The van der Waals surface area contributed by atoms with Crippen LogP contribution in [0.25, 0.3) is 0 Å². The molecular formula is C22H22FN3O6. The molecule has 0 aliphatic carbocycles. The molecule has 1 fully saturated rings. The fourth-order valence-electron chi connectivity index (χ4n) is 3.90. The Balaban J connectivity index is 1.47. The van der Waals surface area contributed by atoms with E-state index in [9.17, 15) is 29.0 Å². The van der Waals surface area contributed by atoms with E-state index >= 15 is 0 Å². The Labute approximate surface area is 183 Å². The number of hydrogen-bond acceptors (Lipinski definition) is 6. The predicted molar refractivity (Wildman–Crippen MR) is 113 cm³/mol. The molecule has 0 radical (unpaired) electrons. The van der Waals surface area contributed by atoms with Crippen LogP contribution >= 0.6 is 0 Å². The standard InChI is InChI=1S/C22H22FN3O6/c23-18-11-14(5-6-19(18)24-7-9-32-10-8-24)25(22(30)31)12-15(27)13-26-20(28)16-3-1-2-4-17(16)21(26)29/h1-6,11,15,27H,7-10,12-13H2,(H,30,31)/t15-/m1/s1. The lowest BCUT2D eigenvalue weighted by Gasteiger charge is -2.30. The second-order valence-corrected chi connectivity index (χ2v) is 7.55. The number of rotatable bonds is 6. The molecule has 2 aromatic rings. The molecular weight excluding hydrogens is 421 g/mol. The van der Waals surface area contributed by atoms with Crippen molar-refractivity contribution in [1.29, 1.82) is 0 Å². The minimum atomic E-state index is -1.40. The number of nitrogens with zero attached hydrogens (tertiary/aromatic N) is 3. The number of β-amino-alcohol motifs (C(OH)–C–C–N with tert-alkyl or cyclic N) is 1. The number of anilines is 2. The maximum Gasteiger partial charge on any atom is 0.411 e. The summed E-state index contributed by atoms with van der Waals surface area (Å²) in [6, 6.07) is 10.3. The minimum absolute atomic E-state index is 0.0356. The fourth-order valence-corrected chi connectivity index (χ4v) is 3.90. The molecule has 2 heterocycles. The number of carboxylic acid groups (broad SMARTS) is 1. The highest BCUT2D eigenvalue weighted by atomic mass is 19.1. The molecule has 3 amide bonds. The number of fused-ring (bicyclic) bond motifs is 1. The summed E-state index contributed by atoms with van der Waals surface area (Å²) in [4.78, 5) is 40.2. The Bertz CT molecular complexity index is 1020. The average molecular weight is 443 g/mol. The second kappa shape index (κ2) is 8.93. The van der Waals surface area contributed by atoms with Gasteiger partial charge in [-0.15, -0.1) is 0 Å². The molecule has 4 rings (SSSR count). The maximum absolute atomic E-state index is 14.7. The molecule has 0 spiro atoms. The third-order valence-electron chi connectivity index (χ3n) is 5.49. The van der Waals surface area contributed by atoms with E-state index < -0.39 is 36.4 Å². The van der Waals surface area contributed by atoms with Crippen LogP contribution in [0.3, 0.4) is 0 Å². The van der Waals surface area contributed by atoms with Gasteiger partial charge in [0.2, 0.25) is 0 Å². The van der Waals surface area contributed by atoms with E-state index in [1.807, 2.05) is 4.90 Å². The highest BCUT2D eigenvalue weighted by molar-refractivity contribution is 6.21. The topological polar surface area (TPSA) is 111 Å². The summed E-state index contributed by atoms with van der Waals surface area (Å²) in [7, 11) is 0. The van der Waals surface area contributed by atoms with Crippen molar-refractivity contribution < 1.29 is 33.7 Å². The number of ether oxygens (including phenoxy) is 1. The van der Waals surface area contributed by atoms with E-state index in [1.165, 1.54) is 24.3 Å². The third-order valence-corrected chi connectivity index (χ3v) is 5.49. The number of hydrogen-bond donors (Lipinski definition) is 2. The van der Waals surface area contributed by atoms with Crippen LogP contribution in [0, 0.1) is 5.82 Å². The molecule has 1 saturated heterocycles. The quantitative estimate of drug-likeness (QED) is 0.655. The van der Waals surface area contributed by atoms with Gasteiger partial charge in [0.05, 0.1) is 54.9 Å². The highest BCUT2D eigenvalue weighted by Crippen LogP contribution is 2.27. The van der Waals surface area contributed by atoms with E-state index in [0.717, 1.165) is 15.9 Å². The van der Waals surface area contributed by atoms with Gasteiger partial charge in [-0.2, -0.15) is 0 Å². The molecule has 2 aliphatic rings. The number of benzene rings is 2. The van der Waals surface area contributed by atoms with Gasteiger partial charge in [-0.25, -0.2) is 9.18 Å². The second-order valence-electron chi connectivity index (χ2n) is 7.55. The van der Waals surface area contributed by atoms with Gasteiger partial charge in [-0.05, 0) is 30.3 Å². The Morgan fingerprint density at radius 2 is 1.72 bits per heavy atom. The third kappa shape index (κ3) is 4.14. The van der Waals surface area contributed by atoms with Crippen LogP contribution in [0.1, 0.15) is 20.7 Å². The summed E-state index contributed by atoms with van der Waals surface area (Å²) in [5, 5.41) is 20.1. The van der Waals surface area contributed by atoms with Crippen LogP contribution < -0.4 is 9.80 Å². The minimum Gasteiger partial charge on any atom is -0.465 e. The predicted octanol–water partition coefficient (Wildman–Crippen LogP) is 1.80. The van der Waals surface area contributed by atoms with E-state index in [0.29, 0.717) is 32.0 Å². The normalized spacial score (nSPS) is 16.8. The molecule has 9 nitrogen and oxygen atoms in total. The van der Waals surface area contributed by atoms with Gasteiger partial charge in [0.1, 0.15) is 5.82 Å². The number of morpholine rings is 1. The summed E-state index contributed by atoms with van der Waals surface area (Å²) < 4.78 is 20.0. The van der Waals surface area contributed by atoms with Gasteiger partial charge < -0.3 is 19.8 Å². The SMILES string of the molecule is O=C1c2ccccc2C(=O)N1C[C@H](O)CN(C(=O)O)c1ccc(N2CCOCC2)c(F)c1.